The first-order valence-corrected chi connectivity index (χ1v) is 6.45. The molecule has 1 aromatic rings. The molecule has 5 heteroatoms. The van der Waals surface area contributed by atoms with Crippen LogP contribution >= 0.6 is 0 Å². The normalized spacial score (nSPS) is 22.9. The van der Waals surface area contributed by atoms with Crippen LogP contribution in [-0.2, 0) is 9.59 Å². The van der Waals surface area contributed by atoms with Gasteiger partial charge in [-0.05, 0) is 31.9 Å². The third-order valence-electron chi connectivity index (χ3n) is 3.95. The fourth-order valence-corrected chi connectivity index (χ4v) is 2.90. The number of benzene rings is 1. The number of halogens is 1. The molecule has 3 rings (SSSR count). The Kier molecular flexibility index (Phi) is 2.77. The first-order chi connectivity index (χ1) is 9.09. The van der Waals surface area contributed by atoms with Crippen LogP contribution in [0.2, 0.25) is 0 Å². The minimum Gasteiger partial charge on any atom is -0.329 e. The van der Waals surface area contributed by atoms with Crippen molar-refractivity contribution in [3.8, 4) is 0 Å². The van der Waals surface area contributed by atoms with Crippen LogP contribution in [0.4, 0.5) is 10.1 Å². The van der Waals surface area contributed by atoms with Gasteiger partial charge in [-0.3, -0.25) is 9.59 Å². The SMILES string of the molecule is Cc1c(F)cccc1N1CC(=O)N2CCCC2C1=O. The monoisotopic (exact) mass is 262 g/mol. The number of anilines is 1. The van der Waals surface area contributed by atoms with Gasteiger partial charge in [0.1, 0.15) is 18.4 Å². The molecule has 0 radical (unpaired) electrons. The van der Waals surface area contributed by atoms with E-state index in [0.717, 1.165) is 6.42 Å². The molecule has 0 bridgehead atoms. The van der Waals surface area contributed by atoms with Gasteiger partial charge in [-0.15, -0.1) is 0 Å². The van der Waals surface area contributed by atoms with Crippen LogP contribution in [-0.4, -0.2) is 35.8 Å². The third kappa shape index (κ3) is 1.80. The van der Waals surface area contributed by atoms with E-state index in [4.69, 9.17) is 0 Å². The zero-order valence-corrected chi connectivity index (χ0v) is 10.7. The Balaban J connectivity index is 1.99. The molecule has 2 heterocycles. The van der Waals surface area contributed by atoms with E-state index in [1.807, 2.05) is 0 Å². The summed E-state index contributed by atoms with van der Waals surface area (Å²) in [5.74, 6) is -0.497. The predicted octanol–water partition coefficient (Wildman–Crippen LogP) is 1.47. The molecule has 2 aliphatic heterocycles. The lowest BCUT2D eigenvalue weighted by Crippen LogP contribution is -2.57. The van der Waals surface area contributed by atoms with Gasteiger partial charge in [0.15, 0.2) is 0 Å². The Hall–Kier alpha value is -1.91. The molecule has 100 valence electrons. The number of nitrogens with zero attached hydrogens (tertiary/aromatic N) is 2. The molecular weight excluding hydrogens is 247 g/mol. The number of hydrogen-bond donors (Lipinski definition) is 0. The second-order valence-corrected chi connectivity index (χ2v) is 5.05. The molecule has 0 saturated carbocycles. The fraction of sp³-hybridized carbons (Fsp3) is 0.429. The highest BCUT2D eigenvalue weighted by atomic mass is 19.1. The molecule has 19 heavy (non-hydrogen) atoms. The molecule has 2 saturated heterocycles. The Morgan fingerprint density at radius 1 is 1.32 bits per heavy atom. The number of fused-ring (bicyclic) bond motifs is 1. The van der Waals surface area contributed by atoms with Crippen molar-refractivity contribution in [2.24, 2.45) is 0 Å². The third-order valence-corrected chi connectivity index (χ3v) is 3.95. The van der Waals surface area contributed by atoms with Crippen molar-refractivity contribution in [1.82, 2.24) is 4.90 Å². The van der Waals surface area contributed by atoms with Crippen molar-refractivity contribution < 1.29 is 14.0 Å². The van der Waals surface area contributed by atoms with Crippen molar-refractivity contribution in [2.75, 3.05) is 18.0 Å². The van der Waals surface area contributed by atoms with Crippen LogP contribution in [0.5, 0.6) is 0 Å². The van der Waals surface area contributed by atoms with Gasteiger partial charge in [0.25, 0.3) is 0 Å². The van der Waals surface area contributed by atoms with Crippen molar-refractivity contribution in [3.63, 3.8) is 0 Å². The first kappa shape index (κ1) is 12.1. The lowest BCUT2D eigenvalue weighted by Gasteiger charge is -2.36. The highest BCUT2D eigenvalue weighted by Gasteiger charge is 2.42. The van der Waals surface area contributed by atoms with Gasteiger partial charge in [-0.2, -0.15) is 0 Å². The van der Waals surface area contributed by atoms with E-state index in [-0.39, 0.29) is 30.2 Å². The second kappa shape index (κ2) is 4.33. The lowest BCUT2D eigenvalue weighted by molar-refractivity contribution is -0.140. The molecule has 1 atom stereocenters. The van der Waals surface area contributed by atoms with Crippen LogP contribution in [0.1, 0.15) is 18.4 Å². The summed E-state index contributed by atoms with van der Waals surface area (Å²) in [4.78, 5) is 27.5. The Morgan fingerprint density at radius 3 is 2.89 bits per heavy atom. The lowest BCUT2D eigenvalue weighted by atomic mass is 10.1. The van der Waals surface area contributed by atoms with E-state index in [9.17, 15) is 14.0 Å². The van der Waals surface area contributed by atoms with E-state index in [2.05, 4.69) is 0 Å². The van der Waals surface area contributed by atoms with E-state index in [0.29, 0.717) is 24.2 Å². The summed E-state index contributed by atoms with van der Waals surface area (Å²) in [5, 5.41) is 0. The van der Waals surface area contributed by atoms with Gasteiger partial charge in [0.2, 0.25) is 11.8 Å². The number of hydrogen-bond acceptors (Lipinski definition) is 2. The highest BCUT2D eigenvalue weighted by Crippen LogP contribution is 2.29. The molecule has 0 aliphatic carbocycles. The maximum Gasteiger partial charge on any atom is 0.250 e. The van der Waals surface area contributed by atoms with E-state index >= 15 is 0 Å². The van der Waals surface area contributed by atoms with Gasteiger partial charge in [-0.1, -0.05) is 6.07 Å². The minimum absolute atomic E-state index is 0.0135. The fourth-order valence-electron chi connectivity index (χ4n) is 2.90. The van der Waals surface area contributed by atoms with E-state index in [1.54, 1.807) is 24.0 Å². The van der Waals surface area contributed by atoms with Crippen LogP contribution in [0, 0.1) is 12.7 Å². The van der Waals surface area contributed by atoms with Gasteiger partial charge in [0.05, 0.1) is 5.69 Å². The summed E-state index contributed by atoms with van der Waals surface area (Å²) in [6.45, 7) is 2.30. The maximum atomic E-state index is 13.6. The zero-order valence-electron chi connectivity index (χ0n) is 10.7. The Labute approximate surface area is 110 Å². The quantitative estimate of drug-likeness (QED) is 0.769. The van der Waals surface area contributed by atoms with Crippen LogP contribution in [0.3, 0.4) is 0 Å². The topological polar surface area (TPSA) is 40.6 Å². The molecule has 0 aromatic heterocycles. The smallest absolute Gasteiger partial charge is 0.250 e. The highest BCUT2D eigenvalue weighted by molar-refractivity contribution is 6.07. The number of carbonyl (C=O) groups is 2. The summed E-state index contributed by atoms with van der Waals surface area (Å²) >= 11 is 0. The average molecular weight is 262 g/mol. The largest absolute Gasteiger partial charge is 0.329 e. The summed E-state index contributed by atoms with van der Waals surface area (Å²) < 4.78 is 13.6. The molecule has 2 fully saturated rings. The molecule has 0 N–H and O–H groups in total. The van der Waals surface area contributed by atoms with Crippen LogP contribution in [0.25, 0.3) is 0 Å². The minimum atomic E-state index is -0.357. The molecule has 4 nitrogen and oxygen atoms in total. The number of amides is 2. The molecule has 2 amide bonds. The number of rotatable bonds is 1. The Bertz CT molecular complexity index is 558. The summed E-state index contributed by atoms with van der Waals surface area (Å²) in [7, 11) is 0. The summed E-state index contributed by atoms with van der Waals surface area (Å²) in [6.07, 6.45) is 1.56. The van der Waals surface area contributed by atoms with Gasteiger partial charge in [-0.25, -0.2) is 4.39 Å². The van der Waals surface area contributed by atoms with Gasteiger partial charge < -0.3 is 9.80 Å². The number of carbonyl (C=O) groups excluding carboxylic acids is 2. The maximum absolute atomic E-state index is 13.6. The summed E-state index contributed by atoms with van der Waals surface area (Å²) in [5.41, 5.74) is 0.917. The van der Waals surface area contributed by atoms with Crippen molar-refractivity contribution >= 4 is 17.5 Å². The molecular formula is C14H15FN2O2. The molecule has 1 unspecified atom stereocenters. The van der Waals surface area contributed by atoms with Gasteiger partial charge >= 0.3 is 0 Å². The first-order valence-electron chi connectivity index (χ1n) is 6.45. The van der Waals surface area contributed by atoms with E-state index in [1.165, 1.54) is 11.0 Å². The zero-order chi connectivity index (χ0) is 13.6. The van der Waals surface area contributed by atoms with Crippen molar-refractivity contribution in [2.45, 2.75) is 25.8 Å². The average Bonchev–Trinajstić information content (AvgIpc) is 2.87. The second-order valence-electron chi connectivity index (χ2n) is 5.05. The predicted molar refractivity (Wildman–Crippen MR) is 68.2 cm³/mol. The van der Waals surface area contributed by atoms with Crippen LogP contribution < -0.4 is 4.90 Å². The molecule has 1 aromatic carbocycles. The van der Waals surface area contributed by atoms with Crippen molar-refractivity contribution in [3.05, 3.63) is 29.6 Å². The Morgan fingerprint density at radius 2 is 2.11 bits per heavy atom. The molecule has 0 spiro atoms. The van der Waals surface area contributed by atoms with Gasteiger partial charge in [0, 0.05) is 12.1 Å². The standard InChI is InChI=1S/C14H15FN2O2/c1-9-10(15)4-2-5-11(9)17-8-13(18)16-7-3-6-12(16)14(17)19/h2,4-5,12H,3,6-8H2,1H3. The van der Waals surface area contributed by atoms with Crippen molar-refractivity contribution in [1.29, 1.82) is 0 Å². The summed E-state index contributed by atoms with van der Waals surface area (Å²) in [6, 6.07) is 4.26. The van der Waals surface area contributed by atoms with Crippen LogP contribution in [0.15, 0.2) is 18.2 Å². The molecule has 2 aliphatic rings. The van der Waals surface area contributed by atoms with E-state index < -0.39 is 0 Å². The number of piperazine rings is 1.